The highest BCUT2D eigenvalue weighted by atomic mass is 19.4. The van der Waals surface area contributed by atoms with E-state index in [9.17, 15) is 13.2 Å². The second-order valence-electron chi connectivity index (χ2n) is 4.32. The van der Waals surface area contributed by atoms with Crippen LogP contribution in [0.3, 0.4) is 0 Å². The van der Waals surface area contributed by atoms with Crippen molar-refractivity contribution >= 4 is 0 Å². The van der Waals surface area contributed by atoms with E-state index < -0.39 is 18.8 Å². The van der Waals surface area contributed by atoms with Crippen molar-refractivity contribution < 1.29 is 33.1 Å². The summed E-state index contributed by atoms with van der Waals surface area (Å²) in [6.07, 6.45) is -7.22. The van der Waals surface area contributed by atoms with Gasteiger partial charge in [-0.2, -0.15) is 13.2 Å². The second kappa shape index (κ2) is 5.66. The zero-order valence-corrected chi connectivity index (χ0v) is 10.1. The molecular formula is C12H15F3NO3+. The van der Waals surface area contributed by atoms with Crippen molar-refractivity contribution in [3.8, 4) is 11.5 Å². The number of quaternary nitrogens is 1. The van der Waals surface area contributed by atoms with E-state index >= 15 is 0 Å². The first-order valence-electron chi connectivity index (χ1n) is 5.92. The molecule has 19 heavy (non-hydrogen) atoms. The highest BCUT2D eigenvalue weighted by Gasteiger charge is 2.39. The summed E-state index contributed by atoms with van der Waals surface area (Å²) >= 11 is 0. The van der Waals surface area contributed by atoms with Gasteiger partial charge in [0.25, 0.3) is 0 Å². The van der Waals surface area contributed by atoms with Crippen LogP contribution in [0.25, 0.3) is 0 Å². The Morgan fingerprint density at radius 3 is 2.68 bits per heavy atom. The molecule has 1 heterocycles. The second-order valence-corrected chi connectivity index (χ2v) is 4.32. The molecule has 1 aromatic carbocycles. The fourth-order valence-electron chi connectivity index (χ4n) is 1.75. The van der Waals surface area contributed by atoms with Crippen molar-refractivity contribution in [2.45, 2.75) is 18.4 Å². The zero-order valence-electron chi connectivity index (χ0n) is 10.1. The average molecular weight is 278 g/mol. The number of aliphatic hydroxyl groups excluding tert-OH is 1. The van der Waals surface area contributed by atoms with Gasteiger partial charge < -0.3 is 19.9 Å². The molecule has 1 aliphatic rings. The van der Waals surface area contributed by atoms with Crippen molar-refractivity contribution in [2.75, 3.05) is 19.7 Å². The summed E-state index contributed by atoms with van der Waals surface area (Å²) in [6.45, 7) is 0.141. The Hall–Kier alpha value is -1.47. The number of aliphatic hydroxyl groups is 1. The number of para-hydroxylation sites is 2. The van der Waals surface area contributed by atoms with E-state index in [4.69, 9.17) is 14.6 Å². The minimum atomic E-state index is -4.58. The quantitative estimate of drug-likeness (QED) is 0.833. The molecule has 0 fully saturated rings. The molecule has 7 heteroatoms. The van der Waals surface area contributed by atoms with Gasteiger partial charge in [0.15, 0.2) is 23.7 Å². The van der Waals surface area contributed by atoms with Crippen LogP contribution in [-0.2, 0) is 0 Å². The van der Waals surface area contributed by atoms with Crippen LogP contribution in [0.15, 0.2) is 24.3 Å². The van der Waals surface area contributed by atoms with Crippen molar-refractivity contribution in [2.24, 2.45) is 0 Å². The molecular weight excluding hydrogens is 263 g/mol. The zero-order chi connectivity index (χ0) is 13.9. The summed E-state index contributed by atoms with van der Waals surface area (Å²) in [6, 6.07) is 7.12. The Kier molecular flexibility index (Phi) is 4.16. The van der Waals surface area contributed by atoms with Crippen LogP contribution in [0.5, 0.6) is 11.5 Å². The number of fused-ring (bicyclic) bond motifs is 1. The lowest BCUT2D eigenvalue weighted by molar-refractivity contribution is -0.670. The van der Waals surface area contributed by atoms with E-state index in [1.807, 2.05) is 6.07 Å². The largest absolute Gasteiger partial charge is 0.486 e. The Morgan fingerprint density at radius 2 is 2.00 bits per heavy atom. The topological polar surface area (TPSA) is 55.3 Å². The predicted octanol–water partition coefficient (Wildman–Crippen LogP) is 0.313. The smallest absolute Gasteiger partial charge is 0.419 e. The van der Waals surface area contributed by atoms with Crippen LogP contribution < -0.4 is 14.8 Å². The number of hydrogen-bond donors (Lipinski definition) is 2. The summed E-state index contributed by atoms with van der Waals surface area (Å²) in [5, 5.41) is 10.2. The van der Waals surface area contributed by atoms with Crippen molar-refractivity contribution in [1.82, 2.24) is 0 Å². The molecule has 1 aromatic rings. The maximum Gasteiger partial charge on any atom is 0.419 e. The number of ether oxygens (including phenoxy) is 2. The lowest BCUT2D eigenvalue weighted by Crippen LogP contribution is -2.89. The molecule has 0 aromatic heterocycles. The standard InChI is InChI=1S/C12H14F3NO3/c13-12(14,15)11(17)6-16-5-8-7-18-9-3-1-2-4-10(9)19-8/h1-4,8,11,16-17H,5-7H2/p+1/t8-,11+/m0/s1. The molecule has 0 spiro atoms. The number of halogens is 3. The van der Waals surface area contributed by atoms with E-state index in [2.05, 4.69) is 0 Å². The number of benzene rings is 1. The Bertz CT molecular complexity index is 425. The molecule has 2 rings (SSSR count). The molecule has 1 aliphatic heterocycles. The van der Waals surface area contributed by atoms with Gasteiger partial charge in [-0.05, 0) is 12.1 Å². The van der Waals surface area contributed by atoms with Crippen LogP contribution in [0.2, 0.25) is 0 Å². The fourth-order valence-corrected chi connectivity index (χ4v) is 1.75. The lowest BCUT2D eigenvalue weighted by Gasteiger charge is -2.25. The number of rotatable bonds is 4. The van der Waals surface area contributed by atoms with Crippen LogP contribution in [0, 0.1) is 0 Å². The van der Waals surface area contributed by atoms with E-state index in [1.165, 1.54) is 5.32 Å². The minimum Gasteiger partial charge on any atom is -0.486 e. The van der Waals surface area contributed by atoms with Gasteiger partial charge >= 0.3 is 6.18 Å². The van der Waals surface area contributed by atoms with Gasteiger partial charge in [0.1, 0.15) is 19.7 Å². The molecule has 0 saturated carbocycles. The summed E-state index contributed by atoms with van der Waals surface area (Å²) in [5.74, 6) is 1.22. The van der Waals surface area contributed by atoms with Crippen LogP contribution in [-0.4, -0.2) is 43.2 Å². The third kappa shape index (κ3) is 3.74. The molecule has 0 bridgehead atoms. The van der Waals surface area contributed by atoms with Crippen molar-refractivity contribution in [3.05, 3.63) is 24.3 Å². The third-order valence-electron chi connectivity index (χ3n) is 2.76. The SMILES string of the molecule is O[C@H](C[NH2+]C[C@H]1COc2ccccc2O1)C(F)(F)F. The van der Waals surface area contributed by atoms with Gasteiger partial charge in [-0.1, -0.05) is 12.1 Å². The minimum absolute atomic E-state index is 0.287. The third-order valence-corrected chi connectivity index (χ3v) is 2.76. The molecule has 0 radical (unpaired) electrons. The normalized spacial score (nSPS) is 20.1. The summed E-state index contributed by atoms with van der Waals surface area (Å²) in [7, 11) is 0. The van der Waals surface area contributed by atoms with E-state index in [0.717, 1.165) is 0 Å². The summed E-state index contributed by atoms with van der Waals surface area (Å²) < 4.78 is 47.3. The van der Waals surface area contributed by atoms with Gasteiger partial charge in [0.05, 0.1) is 0 Å². The Morgan fingerprint density at radius 1 is 1.32 bits per heavy atom. The van der Waals surface area contributed by atoms with Crippen LogP contribution in [0.4, 0.5) is 13.2 Å². The fraction of sp³-hybridized carbons (Fsp3) is 0.500. The van der Waals surface area contributed by atoms with Gasteiger partial charge in [0.2, 0.25) is 0 Å². The van der Waals surface area contributed by atoms with E-state index in [-0.39, 0.29) is 12.7 Å². The molecule has 0 amide bonds. The van der Waals surface area contributed by atoms with Crippen molar-refractivity contribution in [3.63, 3.8) is 0 Å². The number of alkyl halides is 3. The van der Waals surface area contributed by atoms with E-state index in [1.54, 1.807) is 18.2 Å². The molecule has 4 nitrogen and oxygen atoms in total. The van der Waals surface area contributed by atoms with Crippen LogP contribution >= 0.6 is 0 Å². The highest BCUT2D eigenvalue weighted by Crippen LogP contribution is 2.30. The summed E-state index contributed by atoms with van der Waals surface area (Å²) in [5.41, 5.74) is 0. The van der Waals surface area contributed by atoms with Gasteiger partial charge in [-0.15, -0.1) is 0 Å². The molecule has 3 N–H and O–H groups in total. The van der Waals surface area contributed by atoms with E-state index in [0.29, 0.717) is 18.0 Å². The number of hydrogen-bond acceptors (Lipinski definition) is 3. The molecule has 0 aliphatic carbocycles. The molecule has 2 atom stereocenters. The number of nitrogens with two attached hydrogens (primary N) is 1. The molecule has 0 unspecified atom stereocenters. The molecule has 0 saturated heterocycles. The first-order valence-corrected chi connectivity index (χ1v) is 5.92. The molecule has 106 valence electrons. The maximum atomic E-state index is 12.1. The Labute approximate surface area is 108 Å². The van der Waals surface area contributed by atoms with Gasteiger partial charge in [-0.3, -0.25) is 0 Å². The Balaban J connectivity index is 1.77. The monoisotopic (exact) mass is 278 g/mol. The summed E-state index contributed by atoms with van der Waals surface area (Å²) in [4.78, 5) is 0. The first-order chi connectivity index (χ1) is 8.97. The lowest BCUT2D eigenvalue weighted by atomic mass is 10.2. The predicted molar refractivity (Wildman–Crippen MR) is 60.1 cm³/mol. The highest BCUT2D eigenvalue weighted by molar-refractivity contribution is 5.40. The van der Waals surface area contributed by atoms with Crippen LogP contribution in [0.1, 0.15) is 0 Å². The van der Waals surface area contributed by atoms with Gasteiger partial charge in [0, 0.05) is 0 Å². The van der Waals surface area contributed by atoms with Gasteiger partial charge in [-0.25, -0.2) is 0 Å². The first kappa shape index (κ1) is 14.0. The maximum absolute atomic E-state index is 12.1. The van der Waals surface area contributed by atoms with Crippen molar-refractivity contribution in [1.29, 1.82) is 0 Å². The average Bonchev–Trinajstić information content (AvgIpc) is 2.37.